The fraction of sp³-hybridized carbons (Fsp3) is 0.522. The Balaban J connectivity index is 1.54. The molecule has 2 aliphatic rings. The van der Waals surface area contributed by atoms with Crippen molar-refractivity contribution in [1.29, 1.82) is 0 Å². The zero-order valence-corrected chi connectivity index (χ0v) is 19.6. The van der Waals surface area contributed by atoms with Gasteiger partial charge in [0.05, 0.1) is 5.69 Å². The maximum Gasteiger partial charge on any atom is 0.410 e. The minimum Gasteiger partial charge on any atom is -0.465 e. The van der Waals surface area contributed by atoms with Crippen LogP contribution in [-0.2, 0) is 17.8 Å². The second-order valence-corrected chi connectivity index (χ2v) is 9.98. The number of carbonyl (C=O) groups excluding carboxylic acids is 1. The predicted molar refractivity (Wildman–Crippen MR) is 119 cm³/mol. The van der Waals surface area contributed by atoms with E-state index in [-0.39, 0.29) is 17.4 Å². The highest BCUT2D eigenvalue weighted by Crippen LogP contribution is 2.40. The van der Waals surface area contributed by atoms with Crippen molar-refractivity contribution in [3.8, 4) is 0 Å². The lowest BCUT2D eigenvalue weighted by Crippen LogP contribution is -2.49. The smallest absolute Gasteiger partial charge is 0.410 e. The molecule has 2 heterocycles. The summed E-state index contributed by atoms with van der Waals surface area (Å²) in [6, 6.07) is 0.739. The largest absolute Gasteiger partial charge is 0.465 e. The number of halogens is 3. The van der Waals surface area contributed by atoms with E-state index in [9.17, 15) is 22.8 Å². The summed E-state index contributed by atoms with van der Waals surface area (Å²) in [5, 5.41) is 20.9. The van der Waals surface area contributed by atoms with E-state index in [1.165, 1.54) is 0 Å². The summed E-state index contributed by atoms with van der Waals surface area (Å²) in [4.78, 5) is 25.7. The summed E-state index contributed by atoms with van der Waals surface area (Å²) in [5.74, 6) is -3.62. The molecule has 0 unspecified atom stereocenters. The second kappa shape index (κ2) is 9.40. The van der Waals surface area contributed by atoms with Crippen LogP contribution in [0.4, 0.5) is 28.6 Å². The van der Waals surface area contributed by atoms with E-state index in [0.717, 1.165) is 17.3 Å². The number of aromatic amines is 1. The number of hydrogen-bond donors (Lipinski definition) is 4. The Morgan fingerprint density at radius 3 is 2.54 bits per heavy atom. The molecule has 12 heteroatoms. The van der Waals surface area contributed by atoms with Crippen LogP contribution in [0.2, 0.25) is 0 Å². The molecule has 4 rings (SSSR count). The van der Waals surface area contributed by atoms with Crippen molar-refractivity contribution in [2.75, 3.05) is 5.32 Å². The van der Waals surface area contributed by atoms with Gasteiger partial charge in [-0.05, 0) is 51.7 Å². The van der Waals surface area contributed by atoms with Crippen LogP contribution in [0.5, 0.6) is 0 Å². The first-order chi connectivity index (χ1) is 16.4. The van der Waals surface area contributed by atoms with E-state index in [1.807, 2.05) is 0 Å². The fourth-order valence-corrected chi connectivity index (χ4v) is 4.92. The molecule has 0 spiro atoms. The van der Waals surface area contributed by atoms with Crippen molar-refractivity contribution in [1.82, 2.24) is 20.4 Å². The molecule has 4 N–H and O–H groups in total. The first-order valence-corrected chi connectivity index (χ1v) is 11.4. The van der Waals surface area contributed by atoms with Crippen molar-refractivity contribution < 1.29 is 32.6 Å². The lowest BCUT2D eigenvalue weighted by Gasteiger charge is -2.40. The number of nitrogens with one attached hydrogen (secondary N) is 3. The highest BCUT2D eigenvalue weighted by Gasteiger charge is 2.39. The Morgan fingerprint density at radius 1 is 1.14 bits per heavy atom. The van der Waals surface area contributed by atoms with Crippen LogP contribution in [0.1, 0.15) is 62.8 Å². The summed E-state index contributed by atoms with van der Waals surface area (Å²) in [5.41, 5.74) is 0.795. The van der Waals surface area contributed by atoms with Crippen molar-refractivity contribution in [2.24, 2.45) is 0 Å². The Kier molecular flexibility index (Phi) is 6.67. The van der Waals surface area contributed by atoms with Gasteiger partial charge in [0, 0.05) is 42.7 Å². The number of aromatic nitrogens is 2. The van der Waals surface area contributed by atoms with E-state index >= 15 is 0 Å². The third-order valence-electron chi connectivity index (χ3n) is 6.38. The topological polar surface area (TPSA) is 120 Å². The normalized spacial score (nSPS) is 22.5. The van der Waals surface area contributed by atoms with Crippen LogP contribution >= 0.6 is 0 Å². The minimum atomic E-state index is -1.27. The van der Waals surface area contributed by atoms with Gasteiger partial charge in [-0.15, -0.1) is 0 Å². The zero-order chi connectivity index (χ0) is 25.5. The van der Waals surface area contributed by atoms with Crippen LogP contribution in [0, 0.1) is 17.5 Å². The molecule has 9 nitrogen and oxygen atoms in total. The first kappa shape index (κ1) is 24.8. The highest BCUT2D eigenvalue weighted by atomic mass is 19.2. The summed E-state index contributed by atoms with van der Waals surface area (Å²) >= 11 is 0. The molecule has 0 bridgehead atoms. The van der Waals surface area contributed by atoms with Crippen molar-refractivity contribution in [3.05, 3.63) is 46.4 Å². The van der Waals surface area contributed by atoms with Gasteiger partial charge in [0.15, 0.2) is 17.5 Å². The number of benzene rings is 1. The Labute approximate surface area is 200 Å². The van der Waals surface area contributed by atoms with Gasteiger partial charge in [0.1, 0.15) is 11.4 Å². The molecule has 0 saturated heterocycles. The van der Waals surface area contributed by atoms with Crippen molar-refractivity contribution in [3.63, 3.8) is 0 Å². The fourth-order valence-electron chi connectivity index (χ4n) is 4.92. The monoisotopic (exact) mass is 495 g/mol. The summed E-state index contributed by atoms with van der Waals surface area (Å²) < 4.78 is 47.5. The molecule has 1 aliphatic heterocycles. The number of carboxylic acid groups (broad SMARTS) is 1. The number of alkyl carbamates (subject to hydrolysis) is 1. The van der Waals surface area contributed by atoms with Gasteiger partial charge < -0.3 is 15.2 Å². The zero-order valence-electron chi connectivity index (χ0n) is 19.6. The van der Waals surface area contributed by atoms with Crippen LogP contribution in [0.15, 0.2) is 12.1 Å². The predicted octanol–water partition coefficient (Wildman–Crippen LogP) is 4.46. The van der Waals surface area contributed by atoms with Gasteiger partial charge >= 0.3 is 12.2 Å². The average molecular weight is 496 g/mol. The number of fused-ring (bicyclic) bond motifs is 1. The summed E-state index contributed by atoms with van der Waals surface area (Å²) in [6.45, 7) is 6.10. The lowest BCUT2D eigenvalue weighted by atomic mass is 9.77. The molecule has 1 aliphatic carbocycles. The third kappa shape index (κ3) is 5.53. The second-order valence-electron chi connectivity index (χ2n) is 9.98. The standard InChI is InChI=1S/C23H28F3N5O4/c1-23(2,3)35-22(34)27-18-6-11(4-5-12(18)13-7-16(25)17(26)8-15(13)24)31-9-14-19(10-31)29-30-20(14)28-21(32)33/h7-8,11-12,18H,4-6,9-10H2,1-3H3,(H,27,34)(H,32,33)(H2,28,29,30)/t11-,12+,18-/m0/s1. The number of carbonyl (C=O) groups is 2. The molecule has 1 aromatic carbocycles. The number of rotatable bonds is 4. The Hall–Kier alpha value is -3.28. The van der Waals surface area contributed by atoms with Crippen molar-refractivity contribution >= 4 is 18.0 Å². The maximum absolute atomic E-state index is 14.7. The minimum absolute atomic E-state index is 0.00666. The van der Waals surface area contributed by atoms with Crippen molar-refractivity contribution in [2.45, 2.75) is 76.7 Å². The highest BCUT2D eigenvalue weighted by molar-refractivity contribution is 5.82. The SMILES string of the molecule is CC(C)(C)OC(=O)N[C@H]1C[C@@H](N2Cc3[nH]nc(NC(=O)O)c3C2)CC[C@@H]1c1cc(F)c(F)cc1F. The van der Waals surface area contributed by atoms with E-state index in [0.29, 0.717) is 38.4 Å². The van der Waals surface area contributed by atoms with Crippen LogP contribution < -0.4 is 10.6 Å². The number of anilines is 1. The summed E-state index contributed by atoms with van der Waals surface area (Å²) in [7, 11) is 0. The van der Waals surface area contributed by atoms with E-state index < -0.39 is 47.2 Å². The number of ether oxygens (including phenoxy) is 1. The molecule has 3 atom stereocenters. The van der Waals surface area contributed by atoms with Gasteiger partial charge in [-0.1, -0.05) is 0 Å². The summed E-state index contributed by atoms with van der Waals surface area (Å²) in [6.07, 6.45) is -0.472. The molecule has 1 saturated carbocycles. The number of hydrogen-bond acceptors (Lipinski definition) is 5. The third-order valence-corrected chi connectivity index (χ3v) is 6.38. The van der Waals surface area contributed by atoms with Crippen LogP contribution in [-0.4, -0.2) is 50.1 Å². The Bertz CT molecular complexity index is 1130. The molecule has 1 aromatic heterocycles. The van der Waals surface area contributed by atoms with Gasteiger partial charge in [-0.2, -0.15) is 5.10 Å². The first-order valence-electron chi connectivity index (χ1n) is 11.4. The van der Waals surface area contributed by atoms with E-state index in [1.54, 1.807) is 20.8 Å². The maximum atomic E-state index is 14.7. The molecule has 0 radical (unpaired) electrons. The van der Waals surface area contributed by atoms with Gasteiger partial charge in [-0.25, -0.2) is 22.8 Å². The molecular weight excluding hydrogens is 467 g/mol. The molecular formula is C23H28F3N5O4. The Morgan fingerprint density at radius 2 is 1.86 bits per heavy atom. The number of nitrogens with zero attached hydrogens (tertiary/aromatic N) is 2. The quantitative estimate of drug-likeness (QED) is 0.465. The lowest BCUT2D eigenvalue weighted by molar-refractivity contribution is 0.0450. The van der Waals surface area contributed by atoms with Gasteiger partial charge in [0.2, 0.25) is 0 Å². The van der Waals surface area contributed by atoms with E-state index in [4.69, 9.17) is 9.84 Å². The molecule has 1 fully saturated rings. The molecule has 2 amide bonds. The van der Waals surface area contributed by atoms with Gasteiger partial charge in [-0.3, -0.25) is 15.3 Å². The molecule has 2 aromatic rings. The van der Waals surface area contributed by atoms with E-state index in [2.05, 4.69) is 25.7 Å². The molecule has 190 valence electrons. The average Bonchev–Trinajstić information content (AvgIpc) is 3.31. The number of H-pyrrole nitrogens is 1. The molecule has 35 heavy (non-hydrogen) atoms. The van der Waals surface area contributed by atoms with Crippen LogP contribution in [0.3, 0.4) is 0 Å². The van der Waals surface area contributed by atoms with Crippen LogP contribution in [0.25, 0.3) is 0 Å². The van der Waals surface area contributed by atoms with Gasteiger partial charge in [0.25, 0.3) is 0 Å². The number of amides is 2.